The Kier molecular flexibility index (Phi) is 5.04. The quantitative estimate of drug-likeness (QED) is 0.792. The van der Waals surface area contributed by atoms with E-state index in [2.05, 4.69) is 12.2 Å². The largest absolute Gasteiger partial charge is 0.469 e. The minimum atomic E-state index is 0.256. The molecule has 1 atom stereocenters. The van der Waals surface area contributed by atoms with Crippen LogP contribution in [0.4, 0.5) is 5.69 Å². The van der Waals surface area contributed by atoms with E-state index in [-0.39, 0.29) is 6.04 Å². The van der Waals surface area contributed by atoms with Gasteiger partial charge in [0.25, 0.3) is 0 Å². The number of rotatable bonds is 6. The first kappa shape index (κ1) is 14.9. The molecule has 0 aliphatic carbocycles. The Labute approximate surface area is 129 Å². The predicted molar refractivity (Wildman–Crippen MR) is 87.5 cm³/mol. The van der Waals surface area contributed by atoms with Gasteiger partial charge in [0.15, 0.2) is 0 Å². The molecule has 20 heavy (non-hydrogen) atoms. The fourth-order valence-electron chi connectivity index (χ4n) is 2.05. The van der Waals surface area contributed by atoms with Crippen LogP contribution in [0.3, 0.4) is 0 Å². The summed E-state index contributed by atoms with van der Waals surface area (Å²) in [6, 6.07) is 9.73. The Hall–Kier alpha value is -1.52. The van der Waals surface area contributed by atoms with E-state index >= 15 is 0 Å². The lowest BCUT2D eigenvalue weighted by atomic mass is 10.1. The van der Waals surface area contributed by atoms with E-state index in [1.807, 2.05) is 24.3 Å². The summed E-state index contributed by atoms with van der Waals surface area (Å²) in [7, 11) is 0. The molecule has 1 heterocycles. The van der Waals surface area contributed by atoms with Gasteiger partial charge in [-0.3, -0.25) is 0 Å². The zero-order valence-corrected chi connectivity index (χ0v) is 12.8. The minimum absolute atomic E-state index is 0.256. The molecule has 0 radical (unpaired) electrons. The van der Waals surface area contributed by atoms with Crippen molar-refractivity contribution in [1.82, 2.24) is 0 Å². The summed E-state index contributed by atoms with van der Waals surface area (Å²) in [5.74, 6) is 0.985. The van der Waals surface area contributed by atoms with Gasteiger partial charge in [-0.2, -0.15) is 0 Å². The third-order valence-electron chi connectivity index (χ3n) is 3.07. The van der Waals surface area contributed by atoms with Crippen LogP contribution in [0.1, 0.15) is 24.7 Å². The van der Waals surface area contributed by atoms with Crippen LogP contribution in [0.15, 0.2) is 41.0 Å². The van der Waals surface area contributed by atoms with Crippen molar-refractivity contribution in [2.75, 3.05) is 5.32 Å². The highest BCUT2D eigenvalue weighted by molar-refractivity contribution is 7.80. The number of anilines is 1. The number of aryl methyl sites for hydroxylation is 1. The van der Waals surface area contributed by atoms with Gasteiger partial charge in [-0.05, 0) is 37.6 Å². The topological polar surface area (TPSA) is 51.2 Å². The zero-order chi connectivity index (χ0) is 14.5. The van der Waals surface area contributed by atoms with Gasteiger partial charge in [0.2, 0.25) is 0 Å². The normalized spacial score (nSPS) is 12.1. The number of hydrogen-bond donors (Lipinski definition) is 2. The van der Waals surface area contributed by atoms with Gasteiger partial charge < -0.3 is 15.5 Å². The first-order chi connectivity index (χ1) is 9.58. The third kappa shape index (κ3) is 3.74. The number of hydrogen-bond acceptors (Lipinski definition) is 3. The SMILES string of the molecule is CC(CCc1ccco1)Nc1cccc(Cl)c1C(N)=S. The van der Waals surface area contributed by atoms with Crippen molar-refractivity contribution in [2.45, 2.75) is 25.8 Å². The van der Waals surface area contributed by atoms with Crippen molar-refractivity contribution >= 4 is 34.5 Å². The number of benzene rings is 1. The molecule has 1 aromatic heterocycles. The Morgan fingerprint density at radius 2 is 2.20 bits per heavy atom. The van der Waals surface area contributed by atoms with E-state index in [0.717, 1.165) is 24.3 Å². The van der Waals surface area contributed by atoms with Crippen molar-refractivity contribution < 1.29 is 4.42 Å². The Morgan fingerprint density at radius 3 is 2.85 bits per heavy atom. The molecular formula is C15H17ClN2OS. The van der Waals surface area contributed by atoms with E-state index in [1.54, 1.807) is 12.3 Å². The fourth-order valence-corrected chi connectivity index (χ4v) is 2.60. The summed E-state index contributed by atoms with van der Waals surface area (Å²) >= 11 is 11.2. The summed E-state index contributed by atoms with van der Waals surface area (Å²) in [6.07, 6.45) is 3.51. The van der Waals surface area contributed by atoms with Crippen LogP contribution in [0, 0.1) is 0 Å². The third-order valence-corrected chi connectivity index (χ3v) is 3.58. The molecule has 5 heteroatoms. The van der Waals surface area contributed by atoms with Crippen molar-refractivity contribution in [3.05, 3.63) is 52.9 Å². The van der Waals surface area contributed by atoms with Crippen LogP contribution in [-0.4, -0.2) is 11.0 Å². The lowest BCUT2D eigenvalue weighted by molar-refractivity contribution is 0.495. The number of furan rings is 1. The molecule has 2 aromatic rings. The lowest BCUT2D eigenvalue weighted by Gasteiger charge is -2.18. The second-order valence-corrected chi connectivity index (χ2v) is 5.54. The summed E-state index contributed by atoms with van der Waals surface area (Å²) in [4.78, 5) is 0.302. The van der Waals surface area contributed by atoms with Crippen molar-refractivity contribution in [3.63, 3.8) is 0 Å². The highest BCUT2D eigenvalue weighted by Crippen LogP contribution is 2.25. The number of nitrogens with one attached hydrogen (secondary N) is 1. The molecule has 1 aromatic carbocycles. The molecule has 106 valence electrons. The summed E-state index contributed by atoms with van der Waals surface area (Å²) in [6.45, 7) is 2.10. The smallest absolute Gasteiger partial charge is 0.107 e. The van der Waals surface area contributed by atoms with Crippen molar-refractivity contribution in [1.29, 1.82) is 0 Å². The van der Waals surface area contributed by atoms with Crippen LogP contribution < -0.4 is 11.1 Å². The molecule has 1 unspecified atom stereocenters. The number of thiocarbonyl (C=S) groups is 1. The minimum Gasteiger partial charge on any atom is -0.469 e. The van der Waals surface area contributed by atoms with Crippen LogP contribution in [0.2, 0.25) is 5.02 Å². The average molecular weight is 309 g/mol. The Morgan fingerprint density at radius 1 is 1.40 bits per heavy atom. The zero-order valence-electron chi connectivity index (χ0n) is 11.2. The molecule has 0 spiro atoms. The number of nitrogens with two attached hydrogens (primary N) is 1. The van der Waals surface area contributed by atoms with Crippen LogP contribution in [0.5, 0.6) is 0 Å². The highest BCUT2D eigenvalue weighted by atomic mass is 35.5. The molecule has 0 aliphatic rings. The van der Waals surface area contributed by atoms with Crippen molar-refractivity contribution in [3.8, 4) is 0 Å². The number of halogens is 1. The Balaban J connectivity index is 2.02. The van der Waals surface area contributed by atoms with E-state index in [4.69, 9.17) is 34.0 Å². The maximum Gasteiger partial charge on any atom is 0.107 e. The standard InChI is InChI=1S/C15H17ClN2OS/c1-10(7-8-11-4-3-9-19-11)18-13-6-2-5-12(16)14(13)15(17)20/h2-6,9-10,18H,7-8H2,1H3,(H2,17,20). The van der Waals surface area contributed by atoms with Gasteiger partial charge in [-0.15, -0.1) is 0 Å². The predicted octanol–water partition coefficient (Wildman–Crippen LogP) is 4.00. The monoisotopic (exact) mass is 308 g/mol. The summed E-state index contributed by atoms with van der Waals surface area (Å²) in [5, 5.41) is 3.97. The summed E-state index contributed by atoms with van der Waals surface area (Å²) < 4.78 is 5.33. The first-order valence-electron chi connectivity index (χ1n) is 6.45. The van der Waals surface area contributed by atoms with Gasteiger partial charge in [0.1, 0.15) is 10.7 Å². The van der Waals surface area contributed by atoms with Gasteiger partial charge in [-0.1, -0.05) is 29.9 Å². The molecule has 0 saturated heterocycles. The lowest BCUT2D eigenvalue weighted by Crippen LogP contribution is -2.20. The summed E-state index contributed by atoms with van der Waals surface area (Å²) in [5.41, 5.74) is 7.31. The molecule has 3 N–H and O–H groups in total. The maximum absolute atomic E-state index is 6.14. The second kappa shape index (κ2) is 6.77. The molecule has 2 rings (SSSR count). The van der Waals surface area contributed by atoms with E-state index < -0.39 is 0 Å². The van der Waals surface area contributed by atoms with E-state index in [0.29, 0.717) is 15.6 Å². The van der Waals surface area contributed by atoms with E-state index in [1.165, 1.54) is 0 Å². The van der Waals surface area contributed by atoms with Gasteiger partial charge in [0.05, 0.1) is 16.8 Å². The highest BCUT2D eigenvalue weighted by Gasteiger charge is 2.12. The Bertz CT molecular complexity index is 584. The van der Waals surface area contributed by atoms with Gasteiger partial charge >= 0.3 is 0 Å². The molecule has 0 fully saturated rings. The molecule has 3 nitrogen and oxygen atoms in total. The van der Waals surface area contributed by atoms with Crippen molar-refractivity contribution in [2.24, 2.45) is 5.73 Å². The van der Waals surface area contributed by atoms with Gasteiger partial charge in [-0.25, -0.2) is 0 Å². The van der Waals surface area contributed by atoms with Gasteiger partial charge in [0, 0.05) is 18.2 Å². The molecule has 0 amide bonds. The molecular weight excluding hydrogens is 292 g/mol. The maximum atomic E-state index is 6.14. The first-order valence-corrected chi connectivity index (χ1v) is 7.24. The molecule has 0 saturated carbocycles. The second-order valence-electron chi connectivity index (χ2n) is 4.69. The molecule has 0 aliphatic heterocycles. The fraction of sp³-hybridized carbons (Fsp3) is 0.267. The molecule has 0 bridgehead atoms. The van der Waals surface area contributed by atoms with E-state index in [9.17, 15) is 0 Å². The van der Waals surface area contributed by atoms with Crippen LogP contribution in [-0.2, 0) is 6.42 Å². The van der Waals surface area contributed by atoms with Crippen LogP contribution in [0.25, 0.3) is 0 Å². The van der Waals surface area contributed by atoms with Crippen LogP contribution >= 0.6 is 23.8 Å². The average Bonchev–Trinajstić information content (AvgIpc) is 2.89.